The highest BCUT2D eigenvalue weighted by atomic mass is 16.7. The van der Waals surface area contributed by atoms with Crippen LogP contribution in [0.15, 0.2) is 126 Å². The van der Waals surface area contributed by atoms with E-state index in [2.05, 4.69) is 24.3 Å². The monoisotopic (exact) mass is 535 g/mol. The van der Waals surface area contributed by atoms with Gasteiger partial charge in [-0.15, -0.1) is 0 Å². The molecule has 2 heterocycles. The highest BCUT2D eigenvalue weighted by molar-refractivity contribution is 5.95. The first-order valence-electron chi connectivity index (χ1n) is 13.7. The number of aliphatic imine (C=N–C) groups is 1. The Morgan fingerprint density at radius 1 is 0.575 bits per heavy atom. The molecule has 0 amide bonds. The number of rotatable bonds is 11. The molecule has 0 aliphatic carbocycles. The predicted octanol–water partition coefficient (Wildman–Crippen LogP) is 5.94. The summed E-state index contributed by atoms with van der Waals surface area (Å²) in [6, 6.07) is 39.9. The molecule has 1 fully saturated rings. The highest BCUT2D eigenvalue weighted by Crippen LogP contribution is 2.34. The largest absolute Gasteiger partial charge is 0.445 e. The van der Waals surface area contributed by atoms with Gasteiger partial charge in [0, 0.05) is 5.56 Å². The third kappa shape index (κ3) is 6.49. The van der Waals surface area contributed by atoms with Crippen LogP contribution in [-0.4, -0.2) is 43.1 Å². The van der Waals surface area contributed by atoms with Crippen LogP contribution < -0.4 is 0 Å². The summed E-state index contributed by atoms with van der Waals surface area (Å²) in [5, 5.41) is 0. The fourth-order valence-corrected chi connectivity index (χ4v) is 5.05. The lowest BCUT2D eigenvalue weighted by Gasteiger charge is -2.42. The van der Waals surface area contributed by atoms with Crippen LogP contribution in [0.2, 0.25) is 0 Å². The SMILES string of the molecule is c1ccc(COC[C@H]2O[C@@H]3OC(c4ccccc4)=N[C@@H]3[C@@H](OCc3ccccc3)[C@@H]2OCc2ccccc2)cc1. The quantitative estimate of drug-likeness (QED) is 0.238. The smallest absolute Gasteiger partial charge is 0.227 e. The summed E-state index contributed by atoms with van der Waals surface area (Å²) in [4.78, 5) is 4.97. The maximum absolute atomic E-state index is 6.62. The van der Waals surface area contributed by atoms with E-state index in [1.54, 1.807) is 0 Å². The van der Waals surface area contributed by atoms with E-state index < -0.39 is 24.6 Å². The minimum atomic E-state index is -0.599. The van der Waals surface area contributed by atoms with Gasteiger partial charge in [0.05, 0.1) is 26.4 Å². The number of nitrogens with zero attached hydrogens (tertiary/aromatic N) is 1. The Morgan fingerprint density at radius 3 is 1.65 bits per heavy atom. The molecule has 0 radical (unpaired) electrons. The first-order chi connectivity index (χ1) is 19.8. The van der Waals surface area contributed by atoms with E-state index in [1.165, 1.54) is 0 Å². The molecule has 0 unspecified atom stereocenters. The van der Waals surface area contributed by atoms with Gasteiger partial charge in [0.25, 0.3) is 0 Å². The van der Waals surface area contributed by atoms with Crippen molar-refractivity contribution in [3.63, 3.8) is 0 Å². The average Bonchev–Trinajstić information content (AvgIpc) is 3.45. The van der Waals surface area contributed by atoms with Crippen molar-refractivity contribution in [3.05, 3.63) is 144 Å². The van der Waals surface area contributed by atoms with Crippen LogP contribution in [0.3, 0.4) is 0 Å². The lowest BCUT2D eigenvalue weighted by Crippen LogP contribution is -2.59. The van der Waals surface area contributed by atoms with Crippen molar-refractivity contribution in [3.8, 4) is 0 Å². The van der Waals surface area contributed by atoms with Gasteiger partial charge in [-0.05, 0) is 28.8 Å². The molecule has 0 spiro atoms. The second-order valence-electron chi connectivity index (χ2n) is 9.97. The van der Waals surface area contributed by atoms with Crippen molar-refractivity contribution < 1.29 is 23.7 Å². The van der Waals surface area contributed by atoms with E-state index >= 15 is 0 Å². The Morgan fingerprint density at radius 2 is 1.07 bits per heavy atom. The van der Waals surface area contributed by atoms with Gasteiger partial charge in [0.2, 0.25) is 12.2 Å². The molecule has 4 aromatic rings. The lowest BCUT2D eigenvalue weighted by molar-refractivity contribution is -0.261. The summed E-state index contributed by atoms with van der Waals surface area (Å²) < 4.78 is 32.1. The first kappa shape index (κ1) is 26.4. The van der Waals surface area contributed by atoms with Crippen LogP contribution in [0, 0.1) is 0 Å². The molecule has 204 valence electrons. The summed E-state index contributed by atoms with van der Waals surface area (Å²) in [7, 11) is 0. The first-order valence-corrected chi connectivity index (χ1v) is 13.7. The van der Waals surface area contributed by atoms with E-state index in [4.69, 9.17) is 28.7 Å². The van der Waals surface area contributed by atoms with Crippen molar-refractivity contribution >= 4 is 5.90 Å². The Bertz CT molecular complexity index is 1350. The molecule has 0 bridgehead atoms. The average molecular weight is 536 g/mol. The Kier molecular flexibility index (Phi) is 8.60. The molecule has 0 aromatic heterocycles. The molecule has 2 aliphatic heterocycles. The fourth-order valence-electron chi connectivity index (χ4n) is 5.05. The van der Waals surface area contributed by atoms with Gasteiger partial charge >= 0.3 is 0 Å². The minimum absolute atomic E-state index is 0.326. The standard InChI is InChI=1S/C34H33NO5/c1-5-13-25(14-6-1)21-36-24-29-31(37-22-26-15-7-2-8-16-26)32(38-23-27-17-9-3-10-18-27)30-34(39-29)40-33(35-30)28-19-11-4-12-20-28/h1-20,29-32,34H,21-24H2/t29-,30-,31-,32-,34-/m1/s1. The molecule has 0 N–H and O–H groups in total. The number of ether oxygens (including phenoxy) is 5. The summed E-state index contributed by atoms with van der Waals surface area (Å²) in [6.45, 7) is 1.64. The molecule has 2 aliphatic rings. The van der Waals surface area contributed by atoms with Crippen molar-refractivity contribution in [2.45, 2.75) is 50.5 Å². The zero-order valence-corrected chi connectivity index (χ0v) is 22.3. The second kappa shape index (κ2) is 13.0. The van der Waals surface area contributed by atoms with Gasteiger partial charge in [0.1, 0.15) is 24.4 Å². The summed E-state index contributed by atoms with van der Waals surface area (Å²) >= 11 is 0. The molecule has 1 saturated heterocycles. The maximum Gasteiger partial charge on any atom is 0.227 e. The van der Waals surface area contributed by atoms with E-state index in [9.17, 15) is 0 Å². The molecule has 40 heavy (non-hydrogen) atoms. The maximum atomic E-state index is 6.62. The van der Waals surface area contributed by atoms with Crippen molar-refractivity contribution in [2.75, 3.05) is 6.61 Å². The van der Waals surface area contributed by atoms with Crippen molar-refractivity contribution in [1.82, 2.24) is 0 Å². The Balaban J connectivity index is 1.26. The molecular formula is C34H33NO5. The summed E-state index contributed by atoms with van der Waals surface area (Å²) in [5.41, 5.74) is 4.16. The molecule has 6 heteroatoms. The van der Waals surface area contributed by atoms with Crippen LogP contribution in [0.4, 0.5) is 0 Å². The molecule has 5 atom stereocenters. The summed E-state index contributed by atoms with van der Waals surface area (Å²) in [6.07, 6.45) is -1.85. The van der Waals surface area contributed by atoms with Crippen LogP contribution in [0.5, 0.6) is 0 Å². The second-order valence-corrected chi connectivity index (χ2v) is 9.97. The predicted molar refractivity (Wildman–Crippen MR) is 153 cm³/mol. The normalized spacial score (nSPS) is 23.7. The van der Waals surface area contributed by atoms with E-state index in [1.807, 2.05) is 97.1 Å². The zero-order valence-electron chi connectivity index (χ0n) is 22.3. The zero-order chi connectivity index (χ0) is 27.0. The van der Waals surface area contributed by atoms with Crippen molar-refractivity contribution in [2.24, 2.45) is 4.99 Å². The van der Waals surface area contributed by atoms with Crippen LogP contribution in [-0.2, 0) is 43.5 Å². The minimum Gasteiger partial charge on any atom is -0.445 e. The van der Waals surface area contributed by atoms with Gasteiger partial charge in [0.15, 0.2) is 0 Å². The highest BCUT2D eigenvalue weighted by Gasteiger charge is 2.51. The third-order valence-electron chi connectivity index (χ3n) is 7.09. The van der Waals surface area contributed by atoms with Crippen LogP contribution in [0.25, 0.3) is 0 Å². The van der Waals surface area contributed by atoms with Gasteiger partial charge in [-0.25, -0.2) is 4.99 Å². The van der Waals surface area contributed by atoms with Crippen LogP contribution >= 0.6 is 0 Å². The van der Waals surface area contributed by atoms with E-state index in [-0.39, 0.29) is 6.04 Å². The van der Waals surface area contributed by atoms with Gasteiger partial charge in [-0.1, -0.05) is 109 Å². The van der Waals surface area contributed by atoms with Gasteiger partial charge < -0.3 is 23.7 Å². The fraction of sp³-hybridized carbons (Fsp3) is 0.265. The molecule has 6 nitrogen and oxygen atoms in total. The van der Waals surface area contributed by atoms with Gasteiger partial charge in [-0.3, -0.25) is 0 Å². The topological polar surface area (TPSA) is 58.5 Å². The molecule has 4 aromatic carbocycles. The van der Waals surface area contributed by atoms with Gasteiger partial charge in [-0.2, -0.15) is 0 Å². The number of hydrogen-bond acceptors (Lipinski definition) is 6. The Hall–Kier alpha value is -3.81. The van der Waals surface area contributed by atoms with Crippen molar-refractivity contribution in [1.29, 1.82) is 0 Å². The Labute approximate surface area is 235 Å². The number of fused-ring (bicyclic) bond motifs is 1. The molecule has 6 rings (SSSR count). The number of hydrogen-bond donors (Lipinski definition) is 0. The van der Waals surface area contributed by atoms with E-state index in [0.717, 1.165) is 22.3 Å². The lowest BCUT2D eigenvalue weighted by atomic mass is 9.97. The third-order valence-corrected chi connectivity index (χ3v) is 7.09. The number of benzene rings is 4. The summed E-state index contributed by atoms with van der Waals surface area (Å²) in [5.74, 6) is 0.552. The molecule has 0 saturated carbocycles. The van der Waals surface area contributed by atoms with E-state index in [0.29, 0.717) is 32.3 Å². The van der Waals surface area contributed by atoms with Crippen LogP contribution in [0.1, 0.15) is 22.3 Å². The molecular weight excluding hydrogens is 502 g/mol.